The van der Waals surface area contributed by atoms with Gasteiger partial charge in [0.1, 0.15) is 23.3 Å². The molecule has 3 atom stereocenters. The van der Waals surface area contributed by atoms with Crippen LogP contribution in [0.15, 0.2) is 82.6 Å². The lowest BCUT2D eigenvalue weighted by atomic mass is 9.82. The molecule has 3 unspecified atom stereocenters. The molecule has 2 N–H and O–H groups in total. The predicted octanol–water partition coefficient (Wildman–Crippen LogP) is 4.24. The summed E-state index contributed by atoms with van der Waals surface area (Å²) in [6.07, 6.45) is 0. The minimum absolute atomic E-state index is 0.0822. The number of nitrogens with zero attached hydrogens (tertiary/aromatic N) is 2. The zero-order chi connectivity index (χ0) is 31.8. The number of methoxy groups -OCH3 is 1. The quantitative estimate of drug-likeness (QED) is 0.212. The highest BCUT2D eigenvalue weighted by Crippen LogP contribution is 2.55. The number of hydrogen-bond acceptors (Lipinski definition) is 10. The van der Waals surface area contributed by atoms with Crippen molar-refractivity contribution in [2.45, 2.75) is 29.7 Å². The summed E-state index contributed by atoms with van der Waals surface area (Å²) in [7, 11) is 1.54. The van der Waals surface area contributed by atoms with Crippen LogP contribution >= 0.6 is 23.1 Å². The van der Waals surface area contributed by atoms with Crippen LogP contribution in [-0.4, -0.2) is 52.3 Å². The van der Waals surface area contributed by atoms with Gasteiger partial charge in [-0.25, -0.2) is 9.69 Å². The van der Waals surface area contributed by atoms with E-state index in [1.165, 1.54) is 42.0 Å². The Morgan fingerprint density at radius 2 is 1.67 bits per heavy atom. The van der Waals surface area contributed by atoms with Crippen molar-refractivity contribution in [2.75, 3.05) is 23.9 Å². The standard InChI is InChI=1S/C32H27N3O8S2/c1-3-43-31(40)17-8-12-19(13-9-17)35-28(38)25-24(21-6-4-5-7-22(21)36)27-30(44-26(25)29(35)39)34(32(41)45-27)16-23(37)33-18-10-14-20(42-2)15-11-18/h4-15,24-26,36H,3,16H2,1-2H3,(H,33,37). The number of thioether (sulfide) groups is 1. The molecule has 0 spiro atoms. The van der Waals surface area contributed by atoms with Crippen LogP contribution in [0, 0.1) is 5.92 Å². The third kappa shape index (κ3) is 5.49. The van der Waals surface area contributed by atoms with Crippen LogP contribution in [0.4, 0.5) is 11.4 Å². The summed E-state index contributed by atoms with van der Waals surface area (Å²) in [5.74, 6) is -3.20. The van der Waals surface area contributed by atoms with E-state index in [4.69, 9.17) is 9.47 Å². The molecule has 1 saturated heterocycles. The lowest BCUT2D eigenvalue weighted by molar-refractivity contribution is -0.122. The number of aromatic hydroxyl groups is 1. The van der Waals surface area contributed by atoms with Gasteiger partial charge in [0.25, 0.3) is 0 Å². The predicted molar refractivity (Wildman–Crippen MR) is 168 cm³/mol. The Morgan fingerprint density at radius 1 is 0.956 bits per heavy atom. The molecule has 3 amide bonds. The molecule has 45 heavy (non-hydrogen) atoms. The number of phenols is 1. The Morgan fingerprint density at radius 3 is 2.33 bits per heavy atom. The van der Waals surface area contributed by atoms with Crippen molar-refractivity contribution in [1.29, 1.82) is 0 Å². The Hall–Kier alpha value is -4.88. The van der Waals surface area contributed by atoms with E-state index in [-0.39, 0.29) is 30.2 Å². The van der Waals surface area contributed by atoms with Gasteiger partial charge < -0.3 is 19.9 Å². The number of imide groups is 1. The summed E-state index contributed by atoms with van der Waals surface area (Å²) in [6, 6.07) is 19.2. The molecule has 0 aliphatic carbocycles. The number of nitrogens with one attached hydrogen (secondary N) is 1. The lowest BCUT2D eigenvalue weighted by Gasteiger charge is -2.31. The van der Waals surface area contributed by atoms with Crippen molar-refractivity contribution in [3.63, 3.8) is 0 Å². The lowest BCUT2D eigenvalue weighted by Crippen LogP contribution is -2.33. The summed E-state index contributed by atoms with van der Waals surface area (Å²) in [5.41, 5.74) is 1.46. The maximum Gasteiger partial charge on any atom is 0.338 e. The summed E-state index contributed by atoms with van der Waals surface area (Å²) in [5, 5.41) is 13.1. The molecule has 3 heterocycles. The second kappa shape index (κ2) is 12.3. The number of esters is 1. The number of amides is 3. The van der Waals surface area contributed by atoms with Crippen LogP contribution in [0.25, 0.3) is 0 Å². The highest BCUT2D eigenvalue weighted by atomic mass is 32.2. The van der Waals surface area contributed by atoms with Crippen LogP contribution in [0.3, 0.4) is 0 Å². The zero-order valence-electron chi connectivity index (χ0n) is 24.1. The maximum atomic E-state index is 14.1. The van der Waals surface area contributed by atoms with Crippen molar-refractivity contribution < 1.29 is 33.8 Å². The number of aromatic nitrogens is 1. The first-order valence-electron chi connectivity index (χ1n) is 14.0. The highest BCUT2D eigenvalue weighted by Gasteiger charge is 2.57. The maximum absolute atomic E-state index is 14.1. The number of hydrogen-bond donors (Lipinski definition) is 2. The molecular weight excluding hydrogens is 618 g/mol. The van der Waals surface area contributed by atoms with Crippen molar-refractivity contribution in [3.8, 4) is 11.5 Å². The fourth-order valence-electron chi connectivity index (χ4n) is 5.57. The molecule has 1 aromatic heterocycles. The SMILES string of the molecule is CCOC(=O)c1ccc(N2C(=O)C3Sc4c(sc(=O)n4CC(=O)Nc4ccc(OC)cc4)C(c4ccccc4O)C3C2=O)cc1. The van der Waals surface area contributed by atoms with E-state index in [1.807, 2.05) is 0 Å². The van der Waals surface area contributed by atoms with E-state index in [2.05, 4.69) is 5.32 Å². The topological polar surface area (TPSA) is 144 Å². The van der Waals surface area contributed by atoms with Gasteiger partial charge >= 0.3 is 10.8 Å². The molecule has 4 aromatic rings. The Balaban J connectivity index is 1.36. The second-order valence-electron chi connectivity index (χ2n) is 10.3. The number of carbonyl (C=O) groups excluding carboxylic acids is 4. The van der Waals surface area contributed by atoms with Crippen LogP contribution in [0.5, 0.6) is 11.5 Å². The average Bonchev–Trinajstić information content (AvgIpc) is 3.48. The summed E-state index contributed by atoms with van der Waals surface area (Å²) in [6.45, 7) is 1.58. The van der Waals surface area contributed by atoms with Gasteiger partial charge in [-0.1, -0.05) is 41.3 Å². The fraction of sp³-hybridized carbons (Fsp3) is 0.219. The molecule has 11 nitrogen and oxygen atoms in total. The van der Waals surface area contributed by atoms with Crippen LogP contribution < -0.4 is 19.8 Å². The number of para-hydroxylation sites is 1. The number of benzene rings is 3. The first-order valence-corrected chi connectivity index (χ1v) is 15.7. The van der Waals surface area contributed by atoms with E-state index in [1.54, 1.807) is 49.4 Å². The van der Waals surface area contributed by atoms with Crippen LogP contribution in [-0.2, 0) is 25.7 Å². The van der Waals surface area contributed by atoms with Gasteiger partial charge in [-0.05, 0) is 61.5 Å². The van der Waals surface area contributed by atoms with Gasteiger partial charge in [0.05, 0.1) is 35.9 Å². The molecule has 0 bridgehead atoms. The summed E-state index contributed by atoms with van der Waals surface area (Å²) >= 11 is 1.95. The fourth-order valence-corrected chi connectivity index (χ4v) is 8.34. The molecule has 2 aliphatic heterocycles. The van der Waals surface area contributed by atoms with E-state index >= 15 is 0 Å². The minimum Gasteiger partial charge on any atom is -0.508 e. The van der Waals surface area contributed by atoms with Crippen LogP contribution in [0.2, 0.25) is 0 Å². The first-order chi connectivity index (χ1) is 21.7. The van der Waals surface area contributed by atoms with Gasteiger partial charge in [0.2, 0.25) is 17.7 Å². The molecule has 0 radical (unpaired) electrons. The number of ether oxygens (including phenoxy) is 2. The summed E-state index contributed by atoms with van der Waals surface area (Å²) in [4.78, 5) is 67.7. The molecule has 2 aliphatic rings. The van der Waals surface area contributed by atoms with Gasteiger partial charge in [0.15, 0.2) is 0 Å². The molecule has 3 aromatic carbocycles. The monoisotopic (exact) mass is 645 g/mol. The molecule has 6 rings (SSSR count). The molecule has 1 fully saturated rings. The van der Waals surface area contributed by atoms with Gasteiger partial charge in [0, 0.05) is 22.0 Å². The van der Waals surface area contributed by atoms with Gasteiger partial charge in [-0.15, -0.1) is 0 Å². The van der Waals surface area contributed by atoms with E-state index in [0.717, 1.165) is 28.0 Å². The normalized spacial score (nSPS) is 18.7. The van der Waals surface area contributed by atoms with Gasteiger partial charge in [-0.3, -0.25) is 23.7 Å². The van der Waals surface area contributed by atoms with Crippen molar-refractivity contribution >= 4 is 58.2 Å². The van der Waals surface area contributed by atoms with Crippen LogP contribution in [0.1, 0.15) is 33.6 Å². The zero-order valence-corrected chi connectivity index (χ0v) is 25.7. The molecule has 230 valence electrons. The Labute approximate surface area is 265 Å². The Kier molecular flexibility index (Phi) is 8.21. The Bertz CT molecular complexity index is 1870. The number of rotatable bonds is 8. The van der Waals surface area contributed by atoms with Crippen molar-refractivity contribution in [3.05, 3.63) is 98.5 Å². The van der Waals surface area contributed by atoms with Crippen molar-refractivity contribution in [1.82, 2.24) is 4.57 Å². The minimum atomic E-state index is -0.941. The molecular formula is C32H27N3O8S2. The smallest absolute Gasteiger partial charge is 0.338 e. The first kappa shape index (κ1) is 30.2. The van der Waals surface area contributed by atoms with Crippen molar-refractivity contribution in [2.24, 2.45) is 5.92 Å². The largest absolute Gasteiger partial charge is 0.508 e. The second-order valence-corrected chi connectivity index (χ2v) is 12.4. The number of anilines is 2. The number of phenolic OH excluding ortho intramolecular Hbond substituents is 1. The van der Waals surface area contributed by atoms with E-state index in [0.29, 0.717) is 26.9 Å². The summed E-state index contributed by atoms with van der Waals surface area (Å²) < 4.78 is 11.5. The molecule has 13 heteroatoms. The number of fused-ring (bicyclic) bond motifs is 2. The van der Waals surface area contributed by atoms with Gasteiger partial charge in [-0.2, -0.15) is 0 Å². The number of thiazole rings is 1. The van der Waals surface area contributed by atoms with E-state index < -0.39 is 45.6 Å². The highest BCUT2D eigenvalue weighted by molar-refractivity contribution is 8.00. The number of carbonyl (C=O) groups is 4. The third-order valence-electron chi connectivity index (χ3n) is 7.63. The third-order valence-corrected chi connectivity index (χ3v) is 10.2. The average molecular weight is 646 g/mol. The molecule has 0 saturated carbocycles. The van der Waals surface area contributed by atoms with E-state index in [9.17, 15) is 29.1 Å².